The summed E-state index contributed by atoms with van der Waals surface area (Å²) >= 11 is 5.74. The molecular formula is C11H14ClNO3S. The number of halogens is 1. The molecule has 1 N–H and O–H groups in total. The Morgan fingerprint density at radius 3 is 2.35 bits per heavy atom. The molecule has 0 aromatic heterocycles. The summed E-state index contributed by atoms with van der Waals surface area (Å²) in [6, 6.07) is 6.76. The van der Waals surface area contributed by atoms with Crippen molar-refractivity contribution < 1.29 is 13.2 Å². The quantitative estimate of drug-likeness (QED) is 0.907. The number of sulfone groups is 1. The number of carbonyl (C=O) groups is 1. The first-order chi connectivity index (χ1) is 7.78. The molecule has 1 aromatic carbocycles. The third-order valence-corrected chi connectivity index (χ3v) is 3.18. The van der Waals surface area contributed by atoms with Crippen LogP contribution in [0.15, 0.2) is 24.3 Å². The molecule has 1 aromatic rings. The zero-order chi connectivity index (χ0) is 13.1. The van der Waals surface area contributed by atoms with Crippen LogP contribution in [0.3, 0.4) is 0 Å². The van der Waals surface area contributed by atoms with E-state index < -0.39 is 21.5 Å². The molecule has 0 spiro atoms. The van der Waals surface area contributed by atoms with Crippen LogP contribution in [0.5, 0.6) is 0 Å². The Morgan fingerprint density at radius 1 is 1.35 bits per heavy atom. The number of rotatable bonds is 4. The highest BCUT2D eigenvalue weighted by Crippen LogP contribution is 2.15. The van der Waals surface area contributed by atoms with Crippen LogP contribution in [-0.4, -0.2) is 26.3 Å². The van der Waals surface area contributed by atoms with E-state index in [1.165, 1.54) is 0 Å². The molecule has 1 rings (SSSR count). The van der Waals surface area contributed by atoms with E-state index in [4.69, 9.17) is 11.6 Å². The third-order valence-electron chi connectivity index (χ3n) is 2.14. The molecule has 0 aliphatic rings. The van der Waals surface area contributed by atoms with Crippen LogP contribution in [0, 0.1) is 0 Å². The first kappa shape index (κ1) is 14.0. The van der Waals surface area contributed by atoms with Crippen LogP contribution in [0.4, 0.5) is 0 Å². The highest BCUT2D eigenvalue weighted by molar-refractivity contribution is 7.91. The monoisotopic (exact) mass is 275 g/mol. The van der Waals surface area contributed by atoms with E-state index in [1.807, 2.05) is 0 Å². The molecule has 94 valence electrons. The van der Waals surface area contributed by atoms with Crippen LogP contribution >= 0.6 is 11.6 Å². The van der Waals surface area contributed by atoms with Gasteiger partial charge < -0.3 is 5.32 Å². The van der Waals surface area contributed by atoms with Crippen LogP contribution < -0.4 is 5.32 Å². The summed E-state index contributed by atoms with van der Waals surface area (Å²) in [7, 11) is -3.29. The first-order valence-corrected chi connectivity index (χ1v) is 7.44. The van der Waals surface area contributed by atoms with Crippen molar-refractivity contribution in [3.05, 3.63) is 34.9 Å². The zero-order valence-electron chi connectivity index (χ0n) is 9.60. The molecule has 0 aliphatic carbocycles. The predicted molar refractivity (Wildman–Crippen MR) is 67.7 cm³/mol. The fourth-order valence-electron chi connectivity index (χ4n) is 1.36. The second kappa shape index (κ2) is 5.51. The molecule has 6 heteroatoms. The zero-order valence-corrected chi connectivity index (χ0v) is 11.2. The van der Waals surface area contributed by atoms with E-state index in [-0.39, 0.29) is 6.04 Å². The van der Waals surface area contributed by atoms with Gasteiger partial charge in [0.2, 0.25) is 5.91 Å². The molecule has 1 amide bonds. The summed E-state index contributed by atoms with van der Waals surface area (Å²) in [5.74, 6) is -1.000. The normalized spacial score (nSPS) is 13.1. The van der Waals surface area contributed by atoms with E-state index in [1.54, 1.807) is 31.2 Å². The van der Waals surface area contributed by atoms with Crippen molar-refractivity contribution in [1.29, 1.82) is 0 Å². The lowest BCUT2D eigenvalue weighted by molar-refractivity contribution is -0.119. The van der Waals surface area contributed by atoms with Gasteiger partial charge in [-0.3, -0.25) is 4.79 Å². The van der Waals surface area contributed by atoms with Crippen molar-refractivity contribution in [2.24, 2.45) is 0 Å². The lowest BCUT2D eigenvalue weighted by atomic mass is 10.1. The Balaban J connectivity index is 2.63. The summed E-state index contributed by atoms with van der Waals surface area (Å²) < 4.78 is 21.9. The molecule has 0 bridgehead atoms. The van der Waals surface area contributed by atoms with Gasteiger partial charge in [0, 0.05) is 11.3 Å². The largest absolute Gasteiger partial charge is 0.349 e. The van der Waals surface area contributed by atoms with Crippen LogP contribution in [0.1, 0.15) is 18.5 Å². The van der Waals surface area contributed by atoms with Gasteiger partial charge >= 0.3 is 0 Å². The van der Waals surface area contributed by atoms with Gasteiger partial charge in [-0.05, 0) is 24.6 Å². The second-order valence-corrected chi connectivity index (χ2v) is 6.49. The molecule has 0 heterocycles. The Bertz CT molecular complexity index is 496. The summed E-state index contributed by atoms with van der Waals surface area (Å²) in [6.45, 7) is 1.78. The maximum absolute atomic E-state index is 11.4. The standard InChI is InChI=1S/C11H14ClNO3S/c1-8(9-3-5-10(12)6-4-9)13-11(14)7-17(2,15)16/h3-6,8H,7H2,1-2H3,(H,13,14)/t8-/m1/s1. The SMILES string of the molecule is C[C@@H](NC(=O)CS(C)(=O)=O)c1ccc(Cl)cc1. The topological polar surface area (TPSA) is 63.2 Å². The van der Waals surface area contributed by atoms with Gasteiger partial charge in [-0.15, -0.1) is 0 Å². The van der Waals surface area contributed by atoms with Crippen molar-refractivity contribution in [3.63, 3.8) is 0 Å². The van der Waals surface area contributed by atoms with Crippen molar-refractivity contribution in [2.45, 2.75) is 13.0 Å². The average Bonchev–Trinajstić information content (AvgIpc) is 2.15. The molecule has 0 aliphatic heterocycles. The van der Waals surface area contributed by atoms with Gasteiger partial charge in [-0.2, -0.15) is 0 Å². The number of hydrogen-bond acceptors (Lipinski definition) is 3. The van der Waals surface area contributed by atoms with Crippen LogP contribution in [0.25, 0.3) is 0 Å². The van der Waals surface area contributed by atoms with Gasteiger partial charge in [0.25, 0.3) is 0 Å². The molecule has 0 saturated carbocycles. The highest BCUT2D eigenvalue weighted by Gasteiger charge is 2.14. The summed E-state index contributed by atoms with van der Waals surface area (Å²) in [4.78, 5) is 11.4. The molecule has 0 saturated heterocycles. The number of amides is 1. The third kappa shape index (κ3) is 5.19. The molecule has 17 heavy (non-hydrogen) atoms. The van der Waals surface area contributed by atoms with E-state index in [9.17, 15) is 13.2 Å². The Hall–Kier alpha value is -1.07. The molecule has 0 unspecified atom stereocenters. The summed E-state index contributed by atoms with van der Waals surface area (Å²) in [5.41, 5.74) is 0.872. The minimum absolute atomic E-state index is 0.249. The Morgan fingerprint density at radius 2 is 1.88 bits per heavy atom. The number of benzene rings is 1. The van der Waals surface area contributed by atoms with Crippen LogP contribution in [-0.2, 0) is 14.6 Å². The minimum atomic E-state index is -3.29. The van der Waals surface area contributed by atoms with Crippen molar-refractivity contribution in [3.8, 4) is 0 Å². The van der Waals surface area contributed by atoms with E-state index >= 15 is 0 Å². The Labute approximate surface area is 106 Å². The predicted octanol–water partition coefficient (Wildman–Crippen LogP) is 1.56. The lowest BCUT2D eigenvalue weighted by Crippen LogP contribution is -2.31. The fourth-order valence-corrected chi connectivity index (χ4v) is 2.04. The summed E-state index contributed by atoms with van der Waals surface area (Å²) in [5, 5.41) is 3.23. The molecular weight excluding hydrogens is 262 g/mol. The smallest absolute Gasteiger partial charge is 0.235 e. The van der Waals surface area contributed by atoms with Crippen molar-refractivity contribution >= 4 is 27.3 Å². The average molecular weight is 276 g/mol. The van der Waals surface area contributed by atoms with Gasteiger partial charge in [0.15, 0.2) is 9.84 Å². The number of hydrogen-bond donors (Lipinski definition) is 1. The minimum Gasteiger partial charge on any atom is -0.349 e. The van der Waals surface area contributed by atoms with E-state index in [2.05, 4.69) is 5.32 Å². The fraction of sp³-hybridized carbons (Fsp3) is 0.364. The van der Waals surface area contributed by atoms with Gasteiger partial charge in [-0.1, -0.05) is 23.7 Å². The highest BCUT2D eigenvalue weighted by atomic mass is 35.5. The first-order valence-electron chi connectivity index (χ1n) is 5.00. The maximum Gasteiger partial charge on any atom is 0.235 e. The molecule has 0 radical (unpaired) electrons. The summed E-state index contributed by atoms with van der Waals surface area (Å²) in [6.07, 6.45) is 1.03. The maximum atomic E-state index is 11.4. The Kier molecular flexibility index (Phi) is 4.54. The van der Waals surface area contributed by atoms with Gasteiger partial charge in [0.1, 0.15) is 5.75 Å². The van der Waals surface area contributed by atoms with Crippen molar-refractivity contribution in [1.82, 2.24) is 5.32 Å². The molecule has 0 fully saturated rings. The number of nitrogens with one attached hydrogen (secondary N) is 1. The van der Waals surface area contributed by atoms with Crippen molar-refractivity contribution in [2.75, 3.05) is 12.0 Å². The van der Waals surface area contributed by atoms with Gasteiger partial charge in [-0.25, -0.2) is 8.42 Å². The van der Waals surface area contributed by atoms with E-state index in [0.717, 1.165) is 11.8 Å². The number of carbonyl (C=O) groups excluding carboxylic acids is 1. The molecule has 1 atom stereocenters. The van der Waals surface area contributed by atoms with E-state index in [0.29, 0.717) is 5.02 Å². The molecule has 4 nitrogen and oxygen atoms in total. The lowest BCUT2D eigenvalue weighted by Gasteiger charge is -2.13. The van der Waals surface area contributed by atoms with Crippen LogP contribution in [0.2, 0.25) is 5.02 Å². The second-order valence-electron chi connectivity index (χ2n) is 3.91. The van der Waals surface area contributed by atoms with Gasteiger partial charge in [0.05, 0.1) is 6.04 Å².